The zero-order valence-electron chi connectivity index (χ0n) is 17.0. The molecule has 0 fully saturated rings. The summed E-state index contributed by atoms with van der Waals surface area (Å²) in [6.45, 7) is 4.66. The van der Waals surface area contributed by atoms with Gasteiger partial charge in [-0.2, -0.15) is 0 Å². The number of thiophene rings is 1. The number of nitrogens with one attached hydrogen (secondary N) is 2. The van der Waals surface area contributed by atoms with Crippen molar-refractivity contribution in [1.82, 2.24) is 10.2 Å². The van der Waals surface area contributed by atoms with E-state index in [0.29, 0.717) is 23.8 Å². The highest BCUT2D eigenvalue weighted by molar-refractivity contribution is 7.92. The van der Waals surface area contributed by atoms with Gasteiger partial charge in [-0.1, -0.05) is 19.8 Å². The van der Waals surface area contributed by atoms with Gasteiger partial charge in [-0.3, -0.25) is 14.4 Å². The predicted octanol–water partition coefficient (Wildman–Crippen LogP) is 3.64. The molecule has 2 N–H and O–H groups in total. The Bertz CT molecular complexity index is 923. The molecule has 1 unspecified atom stereocenters. The molecule has 1 aromatic heterocycles. The van der Waals surface area contributed by atoms with Crippen LogP contribution in [0.4, 0.5) is 5.69 Å². The van der Waals surface area contributed by atoms with Crippen molar-refractivity contribution >= 4 is 33.0 Å². The molecule has 6 nitrogen and oxygen atoms in total. The fourth-order valence-corrected chi connectivity index (χ4v) is 5.42. The SMILES string of the molecule is CCCCC1c2sccc2CCN1CCNC(=O)c1ccc(NS(C)(=O)=O)cc1. The van der Waals surface area contributed by atoms with Gasteiger partial charge in [0.1, 0.15) is 0 Å². The highest BCUT2D eigenvalue weighted by Gasteiger charge is 2.27. The Morgan fingerprint density at radius 3 is 2.69 bits per heavy atom. The molecule has 29 heavy (non-hydrogen) atoms. The third-order valence-electron chi connectivity index (χ3n) is 5.16. The standard InChI is InChI=1S/C21H29N3O3S2/c1-3-4-5-19-20-16(11-15-28-20)10-13-24(19)14-12-22-21(25)17-6-8-18(9-7-17)23-29(2,26)27/h6-9,11,15,19,23H,3-5,10,12-14H2,1-2H3,(H,22,25). The van der Waals surface area contributed by atoms with E-state index in [1.54, 1.807) is 24.3 Å². The molecule has 8 heteroatoms. The number of anilines is 1. The van der Waals surface area contributed by atoms with E-state index in [4.69, 9.17) is 0 Å². The predicted molar refractivity (Wildman–Crippen MR) is 119 cm³/mol. The number of carbonyl (C=O) groups is 1. The quantitative estimate of drug-likeness (QED) is 0.630. The molecule has 0 spiro atoms. The second-order valence-electron chi connectivity index (χ2n) is 7.46. The molecule has 0 radical (unpaired) electrons. The van der Waals surface area contributed by atoms with E-state index in [2.05, 4.69) is 33.3 Å². The number of hydrogen-bond donors (Lipinski definition) is 2. The molecule has 0 saturated heterocycles. The van der Waals surface area contributed by atoms with E-state index in [0.717, 1.165) is 32.2 Å². The van der Waals surface area contributed by atoms with Crippen LogP contribution in [0.1, 0.15) is 53.0 Å². The minimum atomic E-state index is -3.32. The maximum atomic E-state index is 12.4. The minimum absolute atomic E-state index is 0.144. The number of nitrogens with zero attached hydrogens (tertiary/aromatic N) is 1. The first kappa shape index (κ1) is 21.8. The van der Waals surface area contributed by atoms with Crippen molar-refractivity contribution in [3.05, 3.63) is 51.7 Å². The van der Waals surface area contributed by atoms with Gasteiger partial charge in [-0.15, -0.1) is 11.3 Å². The molecule has 1 aromatic carbocycles. The zero-order valence-corrected chi connectivity index (χ0v) is 18.6. The van der Waals surface area contributed by atoms with Gasteiger partial charge in [0.05, 0.1) is 6.26 Å². The van der Waals surface area contributed by atoms with Crippen LogP contribution in [-0.2, 0) is 16.4 Å². The number of amides is 1. The van der Waals surface area contributed by atoms with Crippen molar-refractivity contribution in [1.29, 1.82) is 0 Å². The Kier molecular flexibility index (Phi) is 7.32. The smallest absolute Gasteiger partial charge is 0.251 e. The van der Waals surface area contributed by atoms with Gasteiger partial charge in [-0.25, -0.2) is 8.42 Å². The van der Waals surface area contributed by atoms with Gasteiger partial charge >= 0.3 is 0 Å². The number of sulfonamides is 1. The summed E-state index contributed by atoms with van der Waals surface area (Å²) in [4.78, 5) is 16.4. The molecule has 1 amide bonds. The molecule has 3 rings (SSSR count). The van der Waals surface area contributed by atoms with E-state index in [1.807, 2.05) is 11.3 Å². The summed E-state index contributed by atoms with van der Waals surface area (Å²) in [5.41, 5.74) is 2.45. The second kappa shape index (κ2) is 9.73. The van der Waals surface area contributed by atoms with Crippen LogP contribution in [-0.4, -0.2) is 45.1 Å². The van der Waals surface area contributed by atoms with Gasteiger partial charge in [0.2, 0.25) is 10.0 Å². The molecule has 0 bridgehead atoms. The van der Waals surface area contributed by atoms with E-state index in [-0.39, 0.29) is 5.91 Å². The molecular weight excluding hydrogens is 406 g/mol. The summed E-state index contributed by atoms with van der Waals surface area (Å²) in [5, 5.41) is 5.18. The monoisotopic (exact) mass is 435 g/mol. The highest BCUT2D eigenvalue weighted by Crippen LogP contribution is 2.36. The van der Waals surface area contributed by atoms with Gasteiger partial charge < -0.3 is 5.32 Å². The van der Waals surface area contributed by atoms with Crippen LogP contribution in [0.25, 0.3) is 0 Å². The lowest BCUT2D eigenvalue weighted by Gasteiger charge is -2.35. The summed E-state index contributed by atoms with van der Waals surface area (Å²) in [7, 11) is -3.32. The van der Waals surface area contributed by atoms with Crippen LogP contribution in [0.15, 0.2) is 35.7 Å². The number of fused-ring (bicyclic) bond motifs is 1. The summed E-state index contributed by atoms with van der Waals surface area (Å²) >= 11 is 1.85. The zero-order chi connectivity index (χ0) is 20.9. The van der Waals surface area contributed by atoms with Gasteiger partial charge in [0.15, 0.2) is 0 Å². The molecule has 1 atom stereocenters. The topological polar surface area (TPSA) is 78.5 Å². The first-order valence-electron chi connectivity index (χ1n) is 10.0. The third-order valence-corrected chi connectivity index (χ3v) is 6.83. The number of carbonyl (C=O) groups excluding carboxylic acids is 1. The Balaban J connectivity index is 1.54. The third kappa shape index (κ3) is 6.04. The van der Waals surface area contributed by atoms with Crippen molar-refractivity contribution in [3.8, 4) is 0 Å². The highest BCUT2D eigenvalue weighted by atomic mass is 32.2. The van der Waals surface area contributed by atoms with Crippen LogP contribution in [0.3, 0.4) is 0 Å². The normalized spacial score (nSPS) is 17.0. The number of benzene rings is 1. The Morgan fingerprint density at radius 1 is 1.24 bits per heavy atom. The number of unbranched alkanes of at least 4 members (excludes halogenated alkanes) is 1. The lowest BCUT2D eigenvalue weighted by atomic mass is 9.97. The molecule has 158 valence electrons. The molecule has 1 aliphatic heterocycles. The molecule has 0 saturated carbocycles. The van der Waals surface area contributed by atoms with E-state index >= 15 is 0 Å². The lowest BCUT2D eigenvalue weighted by molar-refractivity contribution is 0.0941. The van der Waals surface area contributed by atoms with Gasteiger partial charge in [0.25, 0.3) is 5.91 Å². The molecule has 0 aliphatic carbocycles. The first-order valence-corrected chi connectivity index (χ1v) is 12.8. The summed E-state index contributed by atoms with van der Waals surface area (Å²) in [5.74, 6) is -0.144. The Hall–Kier alpha value is -1.90. The van der Waals surface area contributed by atoms with Crippen LogP contribution in [0.5, 0.6) is 0 Å². The summed E-state index contributed by atoms with van der Waals surface area (Å²) < 4.78 is 24.9. The minimum Gasteiger partial charge on any atom is -0.351 e. The Morgan fingerprint density at radius 2 is 2.00 bits per heavy atom. The van der Waals surface area contributed by atoms with Crippen molar-refractivity contribution < 1.29 is 13.2 Å². The van der Waals surface area contributed by atoms with Crippen LogP contribution < -0.4 is 10.0 Å². The maximum Gasteiger partial charge on any atom is 0.251 e. The van der Waals surface area contributed by atoms with Gasteiger partial charge in [0, 0.05) is 41.8 Å². The summed E-state index contributed by atoms with van der Waals surface area (Å²) in [6, 6.07) is 9.16. The largest absolute Gasteiger partial charge is 0.351 e. The van der Waals surface area contributed by atoms with E-state index in [9.17, 15) is 13.2 Å². The lowest BCUT2D eigenvalue weighted by Crippen LogP contribution is -2.40. The van der Waals surface area contributed by atoms with Gasteiger partial charge in [-0.05, 0) is 54.1 Å². The van der Waals surface area contributed by atoms with Crippen molar-refractivity contribution in [2.45, 2.75) is 38.6 Å². The van der Waals surface area contributed by atoms with E-state index < -0.39 is 10.0 Å². The molecular formula is C21H29N3O3S2. The van der Waals surface area contributed by atoms with Crippen molar-refractivity contribution in [3.63, 3.8) is 0 Å². The maximum absolute atomic E-state index is 12.4. The van der Waals surface area contributed by atoms with E-state index in [1.165, 1.54) is 23.3 Å². The Labute approximate surface area is 177 Å². The number of rotatable bonds is 9. The second-order valence-corrected chi connectivity index (χ2v) is 10.2. The van der Waals surface area contributed by atoms with Crippen LogP contribution in [0.2, 0.25) is 0 Å². The fourth-order valence-electron chi connectivity index (χ4n) is 3.73. The number of hydrogen-bond acceptors (Lipinski definition) is 5. The van der Waals surface area contributed by atoms with Crippen LogP contribution >= 0.6 is 11.3 Å². The molecule has 1 aliphatic rings. The summed E-state index contributed by atoms with van der Waals surface area (Å²) in [6.07, 6.45) is 5.72. The fraction of sp³-hybridized carbons (Fsp3) is 0.476. The van der Waals surface area contributed by atoms with Crippen molar-refractivity contribution in [2.24, 2.45) is 0 Å². The average molecular weight is 436 g/mol. The molecule has 2 heterocycles. The van der Waals surface area contributed by atoms with Crippen molar-refractivity contribution in [2.75, 3.05) is 30.6 Å². The average Bonchev–Trinajstić information content (AvgIpc) is 3.15. The van der Waals surface area contributed by atoms with Crippen LogP contribution in [0, 0.1) is 0 Å². The molecule has 2 aromatic rings. The first-order chi connectivity index (χ1) is 13.9.